The van der Waals surface area contributed by atoms with Gasteiger partial charge in [0.25, 0.3) is 0 Å². The smallest absolute Gasteiger partial charge is 0.226 e. The molecule has 5 heteroatoms. The quantitative estimate of drug-likeness (QED) is 0.732. The molecule has 0 aromatic heterocycles. The molecule has 0 bridgehead atoms. The number of hydrogen-bond donors (Lipinski definition) is 2. The van der Waals surface area contributed by atoms with E-state index in [1.165, 1.54) is 0 Å². The summed E-state index contributed by atoms with van der Waals surface area (Å²) in [7, 11) is 0. The monoisotopic (exact) mass is 328 g/mol. The third kappa shape index (κ3) is 5.50. The third-order valence-electron chi connectivity index (χ3n) is 3.30. The first kappa shape index (κ1) is 17.7. The SMILES string of the molecule is CCOc1ccc(NC(=O)CCNc2ccccc2OCC)cc1. The predicted molar refractivity (Wildman–Crippen MR) is 97.0 cm³/mol. The minimum atomic E-state index is -0.0412. The van der Waals surface area contributed by atoms with E-state index >= 15 is 0 Å². The zero-order valence-corrected chi connectivity index (χ0v) is 14.2. The Balaban J connectivity index is 1.79. The second kappa shape index (κ2) is 9.45. The van der Waals surface area contributed by atoms with Gasteiger partial charge in [0.05, 0.1) is 18.9 Å². The third-order valence-corrected chi connectivity index (χ3v) is 3.30. The number of para-hydroxylation sites is 2. The number of carbonyl (C=O) groups excluding carboxylic acids is 1. The van der Waals surface area contributed by atoms with E-state index in [1.54, 1.807) is 0 Å². The van der Waals surface area contributed by atoms with E-state index < -0.39 is 0 Å². The normalized spacial score (nSPS) is 10.1. The van der Waals surface area contributed by atoms with Crippen molar-refractivity contribution in [2.24, 2.45) is 0 Å². The lowest BCUT2D eigenvalue weighted by atomic mass is 10.2. The van der Waals surface area contributed by atoms with Crippen molar-refractivity contribution >= 4 is 17.3 Å². The maximum atomic E-state index is 12.0. The summed E-state index contributed by atoms with van der Waals surface area (Å²) < 4.78 is 10.9. The lowest BCUT2D eigenvalue weighted by molar-refractivity contribution is -0.115. The molecular weight excluding hydrogens is 304 g/mol. The minimum absolute atomic E-state index is 0.0412. The molecule has 5 nitrogen and oxygen atoms in total. The molecule has 2 aromatic carbocycles. The fourth-order valence-corrected chi connectivity index (χ4v) is 2.23. The Labute approximate surface area is 143 Å². The van der Waals surface area contributed by atoms with Crippen LogP contribution in [0.5, 0.6) is 11.5 Å². The fourth-order valence-electron chi connectivity index (χ4n) is 2.23. The van der Waals surface area contributed by atoms with E-state index in [4.69, 9.17) is 9.47 Å². The Hall–Kier alpha value is -2.69. The molecule has 128 valence electrons. The second-order valence-electron chi connectivity index (χ2n) is 5.11. The van der Waals surface area contributed by atoms with Crippen LogP contribution in [0, 0.1) is 0 Å². The van der Waals surface area contributed by atoms with Crippen molar-refractivity contribution in [1.82, 2.24) is 0 Å². The predicted octanol–water partition coefficient (Wildman–Crippen LogP) is 3.92. The van der Waals surface area contributed by atoms with Crippen LogP contribution in [0.2, 0.25) is 0 Å². The zero-order chi connectivity index (χ0) is 17.2. The number of carbonyl (C=O) groups is 1. The molecule has 2 rings (SSSR count). The van der Waals surface area contributed by atoms with E-state index in [-0.39, 0.29) is 5.91 Å². The van der Waals surface area contributed by atoms with Gasteiger partial charge in [0.2, 0.25) is 5.91 Å². The van der Waals surface area contributed by atoms with Gasteiger partial charge in [-0.1, -0.05) is 12.1 Å². The maximum absolute atomic E-state index is 12.0. The summed E-state index contributed by atoms with van der Waals surface area (Å²) in [6.07, 6.45) is 0.369. The van der Waals surface area contributed by atoms with Gasteiger partial charge in [0, 0.05) is 18.7 Å². The van der Waals surface area contributed by atoms with Crippen LogP contribution >= 0.6 is 0 Å². The largest absolute Gasteiger partial charge is 0.494 e. The highest BCUT2D eigenvalue weighted by Crippen LogP contribution is 2.23. The molecule has 0 aliphatic rings. The van der Waals surface area contributed by atoms with Gasteiger partial charge in [-0.3, -0.25) is 4.79 Å². The van der Waals surface area contributed by atoms with Crippen molar-refractivity contribution in [2.75, 3.05) is 30.4 Å². The first-order chi connectivity index (χ1) is 11.7. The minimum Gasteiger partial charge on any atom is -0.494 e. The summed E-state index contributed by atoms with van der Waals surface area (Å²) in [5.74, 6) is 1.55. The molecular formula is C19H24N2O3. The molecule has 0 fully saturated rings. The summed E-state index contributed by atoms with van der Waals surface area (Å²) in [4.78, 5) is 12.0. The second-order valence-corrected chi connectivity index (χ2v) is 5.11. The number of anilines is 2. The van der Waals surface area contributed by atoms with E-state index in [0.717, 1.165) is 22.9 Å². The molecule has 0 atom stereocenters. The number of rotatable bonds is 9. The van der Waals surface area contributed by atoms with Crippen molar-refractivity contribution in [3.8, 4) is 11.5 Å². The molecule has 0 aliphatic carbocycles. The Morgan fingerprint density at radius 3 is 2.38 bits per heavy atom. The maximum Gasteiger partial charge on any atom is 0.226 e. The van der Waals surface area contributed by atoms with Crippen molar-refractivity contribution in [3.05, 3.63) is 48.5 Å². The Bertz CT molecular complexity index is 641. The number of ether oxygens (including phenoxy) is 2. The summed E-state index contributed by atoms with van der Waals surface area (Å²) in [6.45, 7) is 5.65. The average molecular weight is 328 g/mol. The molecule has 0 heterocycles. The van der Waals surface area contributed by atoms with Gasteiger partial charge in [-0.05, 0) is 50.2 Å². The van der Waals surface area contributed by atoms with E-state index in [9.17, 15) is 4.79 Å². The molecule has 0 spiro atoms. The summed E-state index contributed by atoms with van der Waals surface area (Å²) >= 11 is 0. The van der Waals surface area contributed by atoms with Crippen LogP contribution in [-0.4, -0.2) is 25.7 Å². The number of amides is 1. The first-order valence-corrected chi connectivity index (χ1v) is 8.21. The van der Waals surface area contributed by atoms with Crippen LogP contribution in [0.3, 0.4) is 0 Å². The summed E-state index contributed by atoms with van der Waals surface area (Å²) in [5.41, 5.74) is 1.66. The van der Waals surface area contributed by atoms with Gasteiger partial charge in [0.15, 0.2) is 0 Å². The van der Waals surface area contributed by atoms with Crippen LogP contribution in [0.4, 0.5) is 11.4 Å². The lowest BCUT2D eigenvalue weighted by Crippen LogP contribution is -2.16. The van der Waals surface area contributed by atoms with Crippen molar-refractivity contribution in [2.45, 2.75) is 20.3 Å². The Morgan fingerprint density at radius 1 is 0.958 bits per heavy atom. The number of hydrogen-bond acceptors (Lipinski definition) is 4. The highest BCUT2D eigenvalue weighted by Gasteiger charge is 2.05. The molecule has 2 aromatic rings. The molecule has 0 unspecified atom stereocenters. The van der Waals surface area contributed by atoms with E-state index in [1.807, 2.05) is 62.4 Å². The topological polar surface area (TPSA) is 59.6 Å². The summed E-state index contributed by atoms with van der Waals surface area (Å²) in [6, 6.07) is 15.1. The Morgan fingerprint density at radius 2 is 1.67 bits per heavy atom. The van der Waals surface area contributed by atoms with Gasteiger partial charge < -0.3 is 20.1 Å². The lowest BCUT2D eigenvalue weighted by Gasteiger charge is -2.12. The molecule has 0 saturated heterocycles. The van der Waals surface area contributed by atoms with Crippen LogP contribution in [0.1, 0.15) is 20.3 Å². The fraction of sp³-hybridized carbons (Fsp3) is 0.316. The van der Waals surface area contributed by atoms with Gasteiger partial charge >= 0.3 is 0 Å². The molecule has 0 aliphatic heterocycles. The van der Waals surface area contributed by atoms with Gasteiger partial charge in [-0.15, -0.1) is 0 Å². The van der Waals surface area contributed by atoms with Crippen LogP contribution in [-0.2, 0) is 4.79 Å². The van der Waals surface area contributed by atoms with E-state index in [2.05, 4.69) is 10.6 Å². The standard InChI is InChI=1S/C19H24N2O3/c1-3-23-16-11-9-15(10-12-16)21-19(22)13-14-20-17-7-5-6-8-18(17)24-4-2/h5-12,20H,3-4,13-14H2,1-2H3,(H,21,22). The zero-order valence-electron chi connectivity index (χ0n) is 14.2. The van der Waals surface area contributed by atoms with Crippen LogP contribution in [0.25, 0.3) is 0 Å². The molecule has 0 saturated carbocycles. The van der Waals surface area contributed by atoms with Crippen molar-refractivity contribution < 1.29 is 14.3 Å². The van der Waals surface area contributed by atoms with Gasteiger partial charge in [0.1, 0.15) is 11.5 Å². The van der Waals surface area contributed by atoms with Crippen LogP contribution in [0.15, 0.2) is 48.5 Å². The molecule has 24 heavy (non-hydrogen) atoms. The van der Waals surface area contributed by atoms with Crippen LogP contribution < -0.4 is 20.1 Å². The van der Waals surface area contributed by atoms with E-state index in [0.29, 0.717) is 26.2 Å². The highest BCUT2D eigenvalue weighted by molar-refractivity contribution is 5.91. The molecule has 2 N–H and O–H groups in total. The number of benzene rings is 2. The first-order valence-electron chi connectivity index (χ1n) is 8.21. The number of nitrogens with one attached hydrogen (secondary N) is 2. The van der Waals surface area contributed by atoms with Gasteiger partial charge in [-0.25, -0.2) is 0 Å². The van der Waals surface area contributed by atoms with Crippen molar-refractivity contribution in [1.29, 1.82) is 0 Å². The Kier molecular flexibility index (Phi) is 6.95. The van der Waals surface area contributed by atoms with Gasteiger partial charge in [-0.2, -0.15) is 0 Å². The summed E-state index contributed by atoms with van der Waals surface area (Å²) in [5, 5.41) is 6.11. The average Bonchev–Trinajstić information content (AvgIpc) is 2.59. The highest BCUT2D eigenvalue weighted by atomic mass is 16.5. The molecule has 1 amide bonds. The molecule has 0 radical (unpaired) electrons. The van der Waals surface area contributed by atoms with Crippen molar-refractivity contribution in [3.63, 3.8) is 0 Å².